The first-order valence-electron chi connectivity index (χ1n) is 5.51. The third-order valence-electron chi connectivity index (χ3n) is 2.93. The van der Waals surface area contributed by atoms with Crippen molar-refractivity contribution in [3.8, 4) is 6.07 Å². The van der Waals surface area contributed by atoms with Crippen LogP contribution >= 0.6 is 15.9 Å². The monoisotopic (exact) mass is 319 g/mol. The third kappa shape index (κ3) is 2.31. The zero-order valence-corrected chi connectivity index (χ0v) is 11.8. The van der Waals surface area contributed by atoms with E-state index >= 15 is 0 Å². The number of methoxy groups -OCH3 is 1. The lowest BCUT2D eigenvalue weighted by Crippen LogP contribution is -2.39. The van der Waals surface area contributed by atoms with Gasteiger partial charge in [-0.1, -0.05) is 15.9 Å². The van der Waals surface area contributed by atoms with E-state index in [1.807, 2.05) is 0 Å². The van der Waals surface area contributed by atoms with Crippen LogP contribution in [0.15, 0.2) is 0 Å². The van der Waals surface area contributed by atoms with E-state index in [0.29, 0.717) is 0 Å². The first kappa shape index (κ1) is 13.9. The van der Waals surface area contributed by atoms with Gasteiger partial charge in [-0.25, -0.2) is 0 Å². The minimum absolute atomic E-state index is 0.401. The smallest absolute Gasteiger partial charge is 0.248 e. The lowest BCUT2D eigenvalue weighted by Gasteiger charge is -2.24. The normalized spacial score (nSPS) is 39.1. The van der Waals surface area contributed by atoms with Crippen molar-refractivity contribution in [3.05, 3.63) is 0 Å². The van der Waals surface area contributed by atoms with Crippen molar-refractivity contribution in [2.75, 3.05) is 7.11 Å². The summed E-state index contributed by atoms with van der Waals surface area (Å²) >= 11 is 3.17. The van der Waals surface area contributed by atoms with Crippen molar-refractivity contribution in [3.63, 3.8) is 0 Å². The van der Waals surface area contributed by atoms with Crippen LogP contribution in [0.4, 0.5) is 0 Å². The second-order valence-corrected chi connectivity index (χ2v) is 5.63. The zero-order valence-electron chi connectivity index (χ0n) is 10.3. The van der Waals surface area contributed by atoms with Crippen LogP contribution in [0, 0.1) is 11.3 Å². The maximum Gasteiger partial charge on any atom is 0.248 e. The van der Waals surface area contributed by atoms with Crippen molar-refractivity contribution < 1.29 is 23.7 Å². The van der Waals surface area contributed by atoms with Crippen LogP contribution in [-0.4, -0.2) is 48.1 Å². The second kappa shape index (κ2) is 4.87. The van der Waals surface area contributed by atoms with Crippen molar-refractivity contribution in [2.45, 2.75) is 49.1 Å². The highest BCUT2D eigenvalue weighted by Crippen LogP contribution is 2.41. The Hall–Kier alpha value is -0.520. The molecule has 2 saturated heterocycles. The van der Waals surface area contributed by atoms with Gasteiger partial charge in [-0.05, 0) is 13.8 Å². The molecule has 0 bridgehead atoms. The summed E-state index contributed by atoms with van der Waals surface area (Å²) in [7, 11) is 1.49. The number of carbonyl (C=O) groups excluding carboxylic acids is 1. The molecule has 0 aromatic rings. The summed E-state index contributed by atoms with van der Waals surface area (Å²) in [6.45, 7) is 3.56. The second-order valence-electron chi connectivity index (χ2n) is 4.65. The number of alkyl halides is 1. The Bertz CT molecular complexity index is 393. The van der Waals surface area contributed by atoms with Crippen LogP contribution < -0.4 is 0 Å². The molecule has 0 saturated carbocycles. The Morgan fingerprint density at radius 2 is 2.06 bits per heavy atom. The SMILES string of the molecule is CO[C@@H]1O[C@H]([C@@H](Br)C(=O)C#N)[C@H]2OC(C)(C)O[C@@H]12. The Morgan fingerprint density at radius 3 is 2.61 bits per heavy atom. The lowest BCUT2D eigenvalue weighted by molar-refractivity contribution is -0.226. The van der Waals surface area contributed by atoms with E-state index in [1.165, 1.54) is 7.11 Å². The molecule has 2 rings (SSSR count). The number of halogens is 1. The quantitative estimate of drug-likeness (QED) is 0.564. The number of fused-ring (bicyclic) bond motifs is 1. The number of ketones is 1. The van der Waals surface area contributed by atoms with Gasteiger partial charge < -0.3 is 18.9 Å². The Labute approximate surface area is 113 Å². The Kier molecular flexibility index (Phi) is 3.76. The molecule has 7 heteroatoms. The number of ether oxygens (including phenoxy) is 4. The molecule has 100 valence electrons. The molecule has 0 amide bonds. The van der Waals surface area contributed by atoms with Gasteiger partial charge in [-0.15, -0.1) is 0 Å². The first-order valence-corrected chi connectivity index (χ1v) is 6.43. The highest BCUT2D eigenvalue weighted by Gasteiger charge is 2.58. The molecule has 0 aromatic heterocycles. The van der Waals surface area contributed by atoms with E-state index in [4.69, 9.17) is 24.2 Å². The predicted molar refractivity (Wildman–Crippen MR) is 62.8 cm³/mol. The summed E-state index contributed by atoms with van der Waals surface area (Å²) in [4.78, 5) is 10.7. The van der Waals surface area contributed by atoms with E-state index in [9.17, 15) is 4.79 Å². The summed E-state index contributed by atoms with van der Waals surface area (Å²) in [5.41, 5.74) is 0. The van der Waals surface area contributed by atoms with Crippen molar-refractivity contribution in [1.82, 2.24) is 0 Å². The molecular weight excluding hydrogens is 306 g/mol. The molecule has 6 nitrogen and oxygen atoms in total. The number of hydrogen-bond acceptors (Lipinski definition) is 6. The average molecular weight is 320 g/mol. The molecule has 0 radical (unpaired) electrons. The van der Waals surface area contributed by atoms with Crippen LogP contribution in [0.25, 0.3) is 0 Å². The van der Waals surface area contributed by atoms with Crippen LogP contribution in [0.2, 0.25) is 0 Å². The highest BCUT2D eigenvalue weighted by atomic mass is 79.9. The molecule has 0 spiro atoms. The first-order chi connectivity index (χ1) is 8.39. The van der Waals surface area contributed by atoms with Crippen LogP contribution in [-0.2, 0) is 23.7 Å². The fourth-order valence-corrected chi connectivity index (χ4v) is 2.76. The molecule has 0 aromatic carbocycles. The molecule has 18 heavy (non-hydrogen) atoms. The summed E-state index contributed by atoms with van der Waals surface area (Å²) < 4.78 is 22.1. The Morgan fingerprint density at radius 1 is 1.44 bits per heavy atom. The molecule has 0 aliphatic carbocycles. The van der Waals surface area contributed by atoms with Gasteiger partial charge in [-0.2, -0.15) is 5.26 Å². The largest absolute Gasteiger partial charge is 0.353 e. The van der Waals surface area contributed by atoms with E-state index < -0.39 is 41.0 Å². The standard InChI is InChI=1S/C11H14BrNO5/c1-11(2)17-8-7(6(12)5(14)4-13)16-10(15-3)9(8)18-11/h6-10H,1-3H3/t6-,7+,8+,9+,10+/m0/s1. The fraction of sp³-hybridized carbons (Fsp3) is 0.818. The van der Waals surface area contributed by atoms with Gasteiger partial charge in [0.2, 0.25) is 5.78 Å². The number of nitrogens with zero attached hydrogens (tertiary/aromatic N) is 1. The van der Waals surface area contributed by atoms with Gasteiger partial charge in [0.05, 0.1) is 0 Å². The molecule has 2 heterocycles. The number of carbonyl (C=O) groups is 1. The number of Topliss-reactive ketones (excluding diaryl/α,β-unsaturated/α-hetero) is 1. The average Bonchev–Trinajstić information content (AvgIpc) is 2.80. The van der Waals surface area contributed by atoms with E-state index in [2.05, 4.69) is 15.9 Å². The number of nitriles is 1. The highest BCUT2D eigenvalue weighted by molar-refractivity contribution is 9.10. The molecular formula is C11H14BrNO5. The predicted octanol–water partition coefficient (Wildman–Crippen LogP) is 0.734. The van der Waals surface area contributed by atoms with Crippen molar-refractivity contribution in [2.24, 2.45) is 0 Å². The lowest BCUT2D eigenvalue weighted by atomic mass is 10.1. The molecule has 2 aliphatic heterocycles. The summed E-state index contributed by atoms with van der Waals surface area (Å²) in [6.07, 6.45) is -2.05. The minimum Gasteiger partial charge on any atom is -0.353 e. The van der Waals surface area contributed by atoms with Gasteiger partial charge in [-0.3, -0.25) is 4.79 Å². The molecule has 0 N–H and O–H groups in total. The van der Waals surface area contributed by atoms with Gasteiger partial charge in [0.1, 0.15) is 29.2 Å². The van der Waals surface area contributed by atoms with Crippen LogP contribution in [0.5, 0.6) is 0 Å². The molecule has 2 aliphatic rings. The van der Waals surface area contributed by atoms with Gasteiger partial charge in [0.15, 0.2) is 12.1 Å². The minimum atomic E-state index is -0.757. The third-order valence-corrected chi connectivity index (χ3v) is 3.87. The van der Waals surface area contributed by atoms with Gasteiger partial charge >= 0.3 is 0 Å². The summed E-state index contributed by atoms with van der Waals surface area (Å²) in [6, 6.07) is 1.57. The zero-order chi connectivity index (χ0) is 13.5. The van der Waals surface area contributed by atoms with Crippen LogP contribution in [0.1, 0.15) is 13.8 Å². The van der Waals surface area contributed by atoms with Gasteiger partial charge in [0, 0.05) is 7.11 Å². The van der Waals surface area contributed by atoms with Crippen LogP contribution in [0.3, 0.4) is 0 Å². The van der Waals surface area contributed by atoms with Gasteiger partial charge in [0.25, 0.3) is 0 Å². The van der Waals surface area contributed by atoms with E-state index in [1.54, 1.807) is 19.9 Å². The summed E-state index contributed by atoms with van der Waals surface area (Å²) in [5.74, 6) is -1.36. The molecule has 2 fully saturated rings. The number of rotatable bonds is 3. The topological polar surface area (TPSA) is 77.8 Å². The fourth-order valence-electron chi connectivity index (χ4n) is 2.23. The maximum absolute atomic E-state index is 11.4. The number of hydrogen-bond donors (Lipinski definition) is 0. The van der Waals surface area contributed by atoms with Crippen molar-refractivity contribution in [1.29, 1.82) is 5.26 Å². The van der Waals surface area contributed by atoms with E-state index in [0.717, 1.165) is 0 Å². The Balaban J connectivity index is 2.19. The summed E-state index contributed by atoms with van der Waals surface area (Å²) in [5, 5.41) is 8.64. The molecule has 5 atom stereocenters. The molecule has 0 unspecified atom stereocenters. The maximum atomic E-state index is 11.4. The van der Waals surface area contributed by atoms with E-state index in [-0.39, 0.29) is 0 Å². The van der Waals surface area contributed by atoms with Crippen molar-refractivity contribution >= 4 is 21.7 Å².